The molecule has 243 valence electrons. The van der Waals surface area contributed by atoms with Crippen LogP contribution >= 0.6 is 17.0 Å². The van der Waals surface area contributed by atoms with Crippen molar-refractivity contribution in [1.82, 2.24) is 0 Å². The summed E-state index contributed by atoms with van der Waals surface area (Å²) >= 11 is -4.80. The fourth-order valence-electron chi connectivity index (χ4n) is 8.15. The Labute approximate surface area is 280 Å². The summed E-state index contributed by atoms with van der Waals surface area (Å²) in [7, 11) is 17.7. The van der Waals surface area contributed by atoms with Crippen molar-refractivity contribution >= 4 is 35.1 Å². The van der Waals surface area contributed by atoms with Crippen LogP contribution in [0.2, 0.25) is 13.1 Å². The van der Waals surface area contributed by atoms with Gasteiger partial charge in [-0.15, -0.1) is 0 Å². The zero-order valence-electron chi connectivity index (χ0n) is 30.0. The normalized spacial score (nSPS) is 19.2. The molecule has 0 saturated heterocycles. The van der Waals surface area contributed by atoms with Crippen LogP contribution in [0.25, 0.3) is 12.2 Å². The number of fused-ring (bicyclic) bond motifs is 2. The summed E-state index contributed by atoms with van der Waals surface area (Å²) < 4.78 is 0.380. The predicted molar refractivity (Wildman–Crippen MR) is 200 cm³/mol. The monoisotopic (exact) mass is 729 g/mol. The zero-order valence-corrected chi connectivity index (χ0v) is 35.1. The maximum atomic E-state index is 8.83. The average molecular weight is 732 g/mol. The van der Waals surface area contributed by atoms with E-state index in [1.807, 2.05) is 0 Å². The molecule has 0 saturated carbocycles. The molecule has 0 spiro atoms. The van der Waals surface area contributed by atoms with Gasteiger partial charge in [0.2, 0.25) is 0 Å². The van der Waals surface area contributed by atoms with Crippen molar-refractivity contribution in [2.75, 3.05) is 0 Å². The first-order chi connectivity index (χ1) is 20.6. The van der Waals surface area contributed by atoms with Crippen molar-refractivity contribution in [2.24, 2.45) is 0 Å². The summed E-state index contributed by atoms with van der Waals surface area (Å²) in [6, 6.07) is 10.1. The van der Waals surface area contributed by atoms with Crippen molar-refractivity contribution < 1.29 is 15.6 Å². The maximum absolute atomic E-state index is 8.83. The van der Waals surface area contributed by atoms with Gasteiger partial charge in [-0.3, -0.25) is 0 Å². The quantitative estimate of drug-likeness (QED) is 0.180. The zero-order chi connectivity index (χ0) is 32.7. The predicted octanol–water partition coefficient (Wildman–Crippen LogP) is 14.1. The molecule has 2 aliphatic carbocycles. The Morgan fingerprint density at radius 2 is 0.977 bits per heavy atom. The summed E-state index contributed by atoms with van der Waals surface area (Å²) in [5.41, 5.74) is 14.8. The molecule has 0 radical (unpaired) electrons. The molecule has 4 rings (SSSR count). The fraction of sp³-hybridized carbons (Fsp3) is 0.600. The molecule has 0 heterocycles. The molecule has 4 heteroatoms. The van der Waals surface area contributed by atoms with E-state index in [1.54, 1.807) is 11.1 Å². The third-order valence-electron chi connectivity index (χ3n) is 11.0. The first kappa shape index (κ1) is 36.4. The van der Waals surface area contributed by atoms with Crippen molar-refractivity contribution in [1.29, 1.82) is 0 Å². The summed E-state index contributed by atoms with van der Waals surface area (Å²) in [4.78, 5) is 0. The van der Waals surface area contributed by atoms with E-state index in [9.17, 15) is 0 Å². The van der Waals surface area contributed by atoms with E-state index in [4.69, 9.17) is 17.0 Å². The van der Waals surface area contributed by atoms with Gasteiger partial charge in [-0.05, 0) is 0 Å². The Morgan fingerprint density at radius 1 is 0.614 bits per heavy atom. The van der Waals surface area contributed by atoms with Crippen LogP contribution in [-0.4, -0.2) is 5.92 Å². The Balaban J connectivity index is 2.12. The Bertz CT molecular complexity index is 1320. The number of rotatable bonds is 13. The average Bonchev–Trinajstić information content (AvgIpc) is 3.52. The minimum absolute atomic E-state index is 0.190. The third-order valence-corrected chi connectivity index (χ3v) is 62.8. The van der Waals surface area contributed by atoms with Crippen LogP contribution in [0.1, 0.15) is 183 Å². The van der Waals surface area contributed by atoms with Gasteiger partial charge < -0.3 is 0 Å². The summed E-state index contributed by atoms with van der Waals surface area (Å²) in [6.45, 7) is 28.5. The van der Waals surface area contributed by atoms with E-state index >= 15 is 0 Å². The van der Waals surface area contributed by atoms with Crippen LogP contribution in [0.3, 0.4) is 0 Å². The molecular formula is C40H61Cl2SiZr. The molecule has 2 unspecified atom stereocenters. The van der Waals surface area contributed by atoms with Gasteiger partial charge in [0, 0.05) is 0 Å². The van der Waals surface area contributed by atoms with E-state index in [0.717, 1.165) is 12.8 Å². The van der Waals surface area contributed by atoms with Gasteiger partial charge >= 0.3 is 282 Å². The molecule has 2 aliphatic rings. The molecule has 0 bridgehead atoms. The third kappa shape index (κ3) is 6.39. The number of unbranched alkanes of at least 4 members (excludes halogenated alkanes) is 2. The molecule has 2 aromatic rings. The molecule has 0 N–H and O–H groups in total. The van der Waals surface area contributed by atoms with Gasteiger partial charge in [0.15, 0.2) is 0 Å². The molecule has 0 nitrogen and oxygen atoms in total. The first-order valence-corrected chi connectivity index (χ1v) is 34.2. The van der Waals surface area contributed by atoms with Gasteiger partial charge in [-0.1, -0.05) is 0 Å². The number of hydrogen-bond acceptors (Lipinski definition) is 0. The molecule has 44 heavy (non-hydrogen) atoms. The summed E-state index contributed by atoms with van der Waals surface area (Å²) in [5.74, 6) is 0.269. The Hall–Kier alpha value is -0.400. The van der Waals surface area contributed by atoms with Gasteiger partial charge in [0.05, 0.1) is 0 Å². The molecular weight excluding hydrogens is 671 g/mol. The SMILES string of the molecule is CCCCC1=Cc2c(C(C)C)cc(C(C)C)cc2[CH]1[Zr]([Cl])([Cl])([CH]1C(CCCC)=Cc2c(C(C)C)cc(C(C)C)cc21)[SiH](C)C. The van der Waals surface area contributed by atoms with Gasteiger partial charge in [0.1, 0.15) is 0 Å². The molecule has 0 amide bonds. The second kappa shape index (κ2) is 14.0. The van der Waals surface area contributed by atoms with Crippen molar-refractivity contribution in [3.63, 3.8) is 0 Å². The van der Waals surface area contributed by atoms with E-state index in [1.165, 1.54) is 70.2 Å². The van der Waals surface area contributed by atoms with Crippen molar-refractivity contribution in [3.8, 4) is 0 Å². The van der Waals surface area contributed by atoms with Crippen LogP contribution in [-0.2, 0) is 15.6 Å². The number of allylic oxidation sites excluding steroid dienone is 2. The van der Waals surface area contributed by atoms with E-state index in [-0.39, 0.29) is 7.25 Å². The van der Waals surface area contributed by atoms with E-state index < -0.39 is 21.5 Å². The minimum atomic E-state index is -4.80. The molecule has 2 aromatic carbocycles. The second-order valence-corrected chi connectivity index (χ2v) is 58.2. The molecule has 0 aromatic heterocycles. The summed E-state index contributed by atoms with van der Waals surface area (Å²) in [6.07, 6.45) is 12.1. The van der Waals surface area contributed by atoms with Crippen LogP contribution in [0, 0.1) is 0 Å². The molecule has 2 atom stereocenters. The fourth-order valence-corrected chi connectivity index (χ4v) is 39.6. The number of halogens is 2. The Morgan fingerprint density at radius 3 is 1.25 bits per heavy atom. The van der Waals surface area contributed by atoms with Crippen LogP contribution < -0.4 is 0 Å². The van der Waals surface area contributed by atoms with Gasteiger partial charge in [-0.25, -0.2) is 0 Å². The van der Waals surface area contributed by atoms with E-state index in [0.29, 0.717) is 23.7 Å². The van der Waals surface area contributed by atoms with Crippen molar-refractivity contribution in [3.05, 3.63) is 79.9 Å². The summed E-state index contributed by atoms with van der Waals surface area (Å²) in [5, 5.41) is 0. The number of benzene rings is 2. The number of hydrogen-bond donors (Lipinski definition) is 0. The van der Waals surface area contributed by atoms with Gasteiger partial charge in [-0.2, -0.15) is 0 Å². The first-order valence-electron chi connectivity index (χ1n) is 17.9. The van der Waals surface area contributed by atoms with Crippen LogP contribution in [0.15, 0.2) is 35.4 Å². The topological polar surface area (TPSA) is 0 Å². The molecule has 0 fully saturated rings. The van der Waals surface area contributed by atoms with Crippen LogP contribution in [0.5, 0.6) is 0 Å². The standard InChI is InChI=1S/2C19H27.C2H7Si.2ClH.Zr/c2*1-6-7-8-15-9-17-11-16(13(2)3)12-18(14(4)5)19(17)10-15;1-3-2;;;/h2*9-14H,6-8H2,1-5H3;3H,1-2H3;2*1H;/q;;;;;+2/p-2. The van der Waals surface area contributed by atoms with Crippen molar-refractivity contribution in [2.45, 2.75) is 152 Å². The van der Waals surface area contributed by atoms with Gasteiger partial charge in [0.25, 0.3) is 0 Å². The molecule has 0 aliphatic heterocycles. The van der Waals surface area contributed by atoms with E-state index in [2.05, 4.69) is 119 Å². The van der Waals surface area contributed by atoms with Crippen LogP contribution in [0.4, 0.5) is 0 Å². The second-order valence-electron chi connectivity index (χ2n) is 15.7. The Kier molecular flexibility index (Phi) is 11.6.